The molecule has 1 aliphatic carbocycles. The Bertz CT molecular complexity index is 992. The highest BCUT2D eigenvalue weighted by molar-refractivity contribution is 6.42. The summed E-state index contributed by atoms with van der Waals surface area (Å²) < 4.78 is 0. The first-order chi connectivity index (χ1) is 16.4. The molecule has 1 saturated carbocycles. The minimum absolute atomic E-state index is 0.00972. The molecule has 4 rings (SSSR count). The Morgan fingerprint density at radius 2 is 1.56 bits per heavy atom. The van der Waals surface area contributed by atoms with E-state index in [9.17, 15) is 4.79 Å². The fourth-order valence-corrected chi connectivity index (χ4v) is 6.30. The molecule has 1 N–H and O–H groups in total. The average molecular weight is 503 g/mol. The lowest BCUT2D eigenvalue weighted by Gasteiger charge is -2.49. The van der Waals surface area contributed by atoms with Crippen molar-refractivity contribution in [1.29, 1.82) is 0 Å². The average Bonchev–Trinajstić information content (AvgIpc) is 2.82. The molecule has 1 unspecified atom stereocenters. The molecule has 2 aromatic rings. The quantitative estimate of drug-likeness (QED) is 0.531. The van der Waals surface area contributed by atoms with Gasteiger partial charge >= 0.3 is 0 Å². The van der Waals surface area contributed by atoms with E-state index in [1.54, 1.807) is 0 Å². The van der Waals surface area contributed by atoms with E-state index >= 15 is 0 Å². The number of hydrogen-bond acceptors (Lipinski definition) is 3. The van der Waals surface area contributed by atoms with Gasteiger partial charge in [-0.05, 0) is 56.9 Å². The molecule has 184 valence electrons. The van der Waals surface area contributed by atoms with Crippen molar-refractivity contribution in [3.05, 3.63) is 68.7 Å². The third kappa shape index (κ3) is 5.02. The van der Waals surface area contributed by atoms with E-state index in [1.807, 2.05) is 25.1 Å². The number of amides is 1. The van der Waals surface area contributed by atoms with Gasteiger partial charge in [0.05, 0.1) is 10.0 Å². The molecule has 6 heteroatoms. The van der Waals surface area contributed by atoms with E-state index < -0.39 is 5.54 Å². The van der Waals surface area contributed by atoms with Crippen molar-refractivity contribution in [3.8, 4) is 0 Å². The van der Waals surface area contributed by atoms with Gasteiger partial charge < -0.3 is 5.32 Å². The summed E-state index contributed by atoms with van der Waals surface area (Å²) in [6, 6.07) is 12.8. The lowest BCUT2D eigenvalue weighted by molar-refractivity contribution is -0.133. The van der Waals surface area contributed by atoms with E-state index in [2.05, 4.69) is 47.2 Å². The highest BCUT2D eigenvalue weighted by atomic mass is 35.5. The maximum Gasteiger partial charge on any atom is 0.249 e. The number of benzene rings is 2. The molecule has 1 atom stereocenters. The van der Waals surface area contributed by atoms with Gasteiger partial charge in [0.25, 0.3) is 0 Å². The third-order valence-corrected chi connectivity index (χ3v) is 8.26. The van der Waals surface area contributed by atoms with Crippen LogP contribution in [0.15, 0.2) is 36.4 Å². The van der Waals surface area contributed by atoms with Crippen LogP contribution in [0.2, 0.25) is 10.0 Å². The normalized spacial score (nSPS) is 20.1. The summed E-state index contributed by atoms with van der Waals surface area (Å²) in [6.45, 7) is 10.3. The number of carbonyl (C=O) groups excluding carboxylic acids is 1. The number of nitrogens with one attached hydrogen (secondary N) is 1. The SMILES string of the molecule is CCNC(=O)C(c1cc(C)cc(C)c1)(c1ccc(Cl)c(Cl)c1)N1CCN(C2CCCCC2)CC1. The second kappa shape index (κ2) is 11.0. The zero-order valence-corrected chi connectivity index (χ0v) is 22.2. The first-order valence-electron chi connectivity index (χ1n) is 12.7. The van der Waals surface area contributed by atoms with Crippen molar-refractivity contribution >= 4 is 29.1 Å². The van der Waals surface area contributed by atoms with E-state index in [-0.39, 0.29) is 5.91 Å². The topological polar surface area (TPSA) is 35.6 Å². The monoisotopic (exact) mass is 501 g/mol. The molecule has 0 aromatic heterocycles. The minimum Gasteiger partial charge on any atom is -0.354 e. The Balaban J connectivity index is 1.80. The van der Waals surface area contributed by atoms with Gasteiger partial charge in [-0.3, -0.25) is 14.6 Å². The lowest BCUT2D eigenvalue weighted by Crippen LogP contribution is -2.63. The molecular formula is C28H37Cl2N3O. The van der Waals surface area contributed by atoms with E-state index in [4.69, 9.17) is 23.2 Å². The second-order valence-electron chi connectivity index (χ2n) is 9.89. The van der Waals surface area contributed by atoms with Crippen LogP contribution >= 0.6 is 23.2 Å². The van der Waals surface area contributed by atoms with Crippen molar-refractivity contribution in [2.75, 3.05) is 32.7 Å². The van der Waals surface area contributed by atoms with Crippen molar-refractivity contribution in [2.45, 2.75) is 64.5 Å². The molecule has 0 bridgehead atoms. The zero-order chi connectivity index (χ0) is 24.3. The molecule has 2 fully saturated rings. The van der Waals surface area contributed by atoms with Crippen LogP contribution in [0.5, 0.6) is 0 Å². The van der Waals surface area contributed by atoms with E-state index in [0.717, 1.165) is 48.4 Å². The molecule has 0 radical (unpaired) electrons. The van der Waals surface area contributed by atoms with Gasteiger partial charge in [0, 0.05) is 38.8 Å². The fraction of sp³-hybridized carbons (Fsp3) is 0.536. The van der Waals surface area contributed by atoms with Crippen molar-refractivity contribution < 1.29 is 4.79 Å². The van der Waals surface area contributed by atoms with Gasteiger partial charge in [-0.2, -0.15) is 0 Å². The summed E-state index contributed by atoms with van der Waals surface area (Å²) in [5.74, 6) is -0.00972. The molecule has 1 aliphatic heterocycles. The Kier molecular flexibility index (Phi) is 8.24. The summed E-state index contributed by atoms with van der Waals surface area (Å²) in [4.78, 5) is 19.1. The first kappa shape index (κ1) is 25.5. The summed E-state index contributed by atoms with van der Waals surface area (Å²) in [7, 11) is 0. The van der Waals surface area contributed by atoms with Crippen LogP contribution in [0.25, 0.3) is 0 Å². The van der Waals surface area contributed by atoms with Crippen LogP contribution in [0.1, 0.15) is 61.3 Å². The molecule has 1 heterocycles. The third-order valence-electron chi connectivity index (χ3n) is 7.52. The van der Waals surface area contributed by atoms with Gasteiger partial charge in [0.1, 0.15) is 0 Å². The molecule has 1 amide bonds. The largest absolute Gasteiger partial charge is 0.354 e. The van der Waals surface area contributed by atoms with E-state index in [0.29, 0.717) is 22.6 Å². The number of rotatable bonds is 6. The maximum atomic E-state index is 14.1. The Labute approximate surface area is 214 Å². The van der Waals surface area contributed by atoms with Gasteiger partial charge in [0.15, 0.2) is 5.54 Å². The van der Waals surface area contributed by atoms with Crippen LogP contribution in [0.4, 0.5) is 0 Å². The minimum atomic E-state index is -0.973. The summed E-state index contributed by atoms with van der Waals surface area (Å²) in [5, 5.41) is 4.13. The van der Waals surface area contributed by atoms with Crippen LogP contribution in [0, 0.1) is 13.8 Å². The van der Waals surface area contributed by atoms with Gasteiger partial charge in [0.2, 0.25) is 5.91 Å². The predicted molar refractivity (Wildman–Crippen MR) is 142 cm³/mol. The first-order valence-corrected chi connectivity index (χ1v) is 13.4. The summed E-state index contributed by atoms with van der Waals surface area (Å²) in [6.07, 6.45) is 6.62. The Morgan fingerprint density at radius 3 is 2.15 bits per heavy atom. The molecule has 2 aliphatic rings. The fourth-order valence-electron chi connectivity index (χ4n) is 6.00. The molecule has 4 nitrogen and oxygen atoms in total. The van der Waals surface area contributed by atoms with Crippen LogP contribution < -0.4 is 5.32 Å². The molecule has 2 aromatic carbocycles. The van der Waals surface area contributed by atoms with Gasteiger partial charge in [-0.1, -0.05) is 77.9 Å². The predicted octanol–water partition coefficient (Wildman–Crippen LogP) is 5.94. The van der Waals surface area contributed by atoms with Crippen molar-refractivity contribution in [3.63, 3.8) is 0 Å². The lowest BCUT2D eigenvalue weighted by atomic mass is 9.78. The maximum absolute atomic E-state index is 14.1. The summed E-state index contributed by atoms with van der Waals surface area (Å²) in [5.41, 5.74) is 3.17. The second-order valence-corrected chi connectivity index (χ2v) is 10.7. The molecule has 0 spiro atoms. The number of carbonyl (C=O) groups is 1. The molecular weight excluding hydrogens is 465 g/mol. The number of nitrogens with zero attached hydrogens (tertiary/aromatic N) is 2. The summed E-state index contributed by atoms with van der Waals surface area (Å²) >= 11 is 12.8. The Hall–Kier alpha value is -1.59. The van der Waals surface area contributed by atoms with E-state index in [1.165, 1.54) is 32.1 Å². The number of halogens is 2. The highest BCUT2D eigenvalue weighted by Gasteiger charge is 2.48. The zero-order valence-electron chi connectivity index (χ0n) is 20.7. The van der Waals surface area contributed by atoms with Gasteiger partial charge in [-0.25, -0.2) is 0 Å². The highest BCUT2D eigenvalue weighted by Crippen LogP contribution is 2.41. The van der Waals surface area contributed by atoms with Crippen LogP contribution in [-0.4, -0.2) is 54.5 Å². The number of hydrogen-bond donors (Lipinski definition) is 1. The van der Waals surface area contributed by atoms with Crippen molar-refractivity contribution in [1.82, 2.24) is 15.1 Å². The Morgan fingerprint density at radius 1 is 0.912 bits per heavy atom. The molecule has 1 saturated heterocycles. The van der Waals surface area contributed by atoms with Crippen molar-refractivity contribution in [2.24, 2.45) is 0 Å². The molecule has 34 heavy (non-hydrogen) atoms. The number of piperazine rings is 1. The smallest absolute Gasteiger partial charge is 0.249 e. The van der Waals surface area contributed by atoms with Crippen LogP contribution in [-0.2, 0) is 10.3 Å². The van der Waals surface area contributed by atoms with Gasteiger partial charge in [-0.15, -0.1) is 0 Å². The standard InChI is InChI=1S/C28H37Cl2N3O/c1-4-31-27(34)28(22-10-11-25(29)26(30)19-22,23-17-20(2)16-21(3)18-23)33-14-12-32(13-15-33)24-8-6-5-7-9-24/h10-11,16-19,24H,4-9,12-15H2,1-3H3,(H,31,34). The number of likely N-dealkylation sites (N-methyl/N-ethyl adjacent to an activating group) is 1. The van der Waals surface area contributed by atoms with Crippen LogP contribution in [0.3, 0.4) is 0 Å². The number of aryl methyl sites for hydroxylation is 2.